The van der Waals surface area contributed by atoms with Crippen molar-refractivity contribution in [2.45, 2.75) is 25.9 Å². The first-order valence-electron chi connectivity index (χ1n) is 12.1. The van der Waals surface area contributed by atoms with Crippen LogP contribution >= 0.6 is 0 Å². The molecule has 0 fully saturated rings. The molecule has 8 nitrogen and oxygen atoms in total. The van der Waals surface area contributed by atoms with Gasteiger partial charge in [0.15, 0.2) is 11.6 Å². The Labute approximate surface area is 233 Å². The Balaban J connectivity index is 1.84. The number of carbonyl (C=O) groups is 2. The van der Waals surface area contributed by atoms with Gasteiger partial charge in [-0.1, -0.05) is 24.3 Å². The van der Waals surface area contributed by atoms with E-state index in [9.17, 15) is 46.0 Å². The van der Waals surface area contributed by atoms with E-state index in [0.717, 1.165) is 30.3 Å². The van der Waals surface area contributed by atoms with Gasteiger partial charge >= 0.3 is 6.18 Å². The summed E-state index contributed by atoms with van der Waals surface area (Å²) in [6, 6.07) is 9.64. The number of rotatable bonds is 6. The number of halogens is 6. The van der Waals surface area contributed by atoms with Crippen molar-refractivity contribution in [3.05, 3.63) is 122 Å². The van der Waals surface area contributed by atoms with Crippen LogP contribution in [-0.4, -0.2) is 16.7 Å². The van der Waals surface area contributed by atoms with E-state index in [2.05, 4.69) is 16.0 Å². The summed E-state index contributed by atoms with van der Waals surface area (Å²) < 4.78 is 82.5. The van der Waals surface area contributed by atoms with Crippen molar-refractivity contribution in [2.75, 3.05) is 10.6 Å². The predicted octanol–water partition coefficient (Wildman–Crippen LogP) is 6.54. The lowest BCUT2D eigenvalue weighted by molar-refractivity contribution is -0.384. The van der Waals surface area contributed by atoms with E-state index in [0.29, 0.717) is 6.07 Å². The van der Waals surface area contributed by atoms with E-state index in [4.69, 9.17) is 0 Å². The van der Waals surface area contributed by atoms with Crippen LogP contribution < -0.4 is 16.0 Å². The molecule has 1 aliphatic rings. The van der Waals surface area contributed by atoms with Crippen LogP contribution in [0, 0.1) is 27.6 Å². The number of non-ortho nitro benzene ring substituents is 1. The molecule has 0 aliphatic carbocycles. The summed E-state index contributed by atoms with van der Waals surface area (Å²) in [5.41, 5.74) is -3.26. The number of alkyl halides is 3. The molecule has 3 N–H and O–H groups in total. The van der Waals surface area contributed by atoms with Gasteiger partial charge in [0.25, 0.3) is 17.5 Å². The van der Waals surface area contributed by atoms with Crippen LogP contribution in [0.15, 0.2) is 83.2 Å². The molecule has 0 bridgehead atoms. The largest absolute Gasteiger partial charge is 0.418 e. The molecule has 218 valence electrons. The van der Waals surface area contributed by atoms with Crippen LogP contribution in [0.2, 0.25) is 0 Å². The fourth-order valence-electron chi connectivity index (χ4n) is 4.58. The van der Waals surface area contributed by atoms with Crippen molar-refractivity contribution in [3.63, 3.8) is 0 Å². The summed E-state index contributed by atoms with van der Waals surface area (Å²) >= 11 is 0. The second kappa shape index (κ2) is 11.4. The Morgan fingerprint density at radius 3 is 1.98 bits per heavy atom. The number of nitrogens with zero attached hydrogens (tertiary/aromatic N) is 1. The lowest BCUT2D eigenvalue weighted by atomic mass is 9.79. The molecule has 0 saturated heterocycles. The predicted molar refractivity (Wildman–Crippen MR) is 139 cm³/mol. The molecule has 42 heavy (non-hydrogen) atoms. The Morgan fingerprint density at radius 2 is 1.38 bits per heavy atom. The number of amides is 2. The van der Waals surface area contributed by atoms with Gasteiger partial charge in [-0.3, -0.25) is 19.7 Å². The lowest BCUT2D eigenvalue weighted by Crippen LogP contribution is -2.35. The monoisotopic (exact) mass is 590 g/mol. The minimum Gasteiger partial charge on any atom is -0.362 e. The number of carbonyl (C=O) groups excluding carboxylic acids is 2. The van der Waals surface area contributed by atoms with Gasteiger partial charge in [-0.25, -0.2) is 13.2 Å². The summed E-state index contributed by atoms with van der Waals surface area (Å²) in [5, 5.41) is 18.6. The smallest absolute Gasteiger partial charge is 0.362 e. The zero-order valence-electron chi connectivity index (χ0n) is 21.7. The minimum atomic E-state index is -4.83. The van der Waals surface area contributed by atoms with Gasteiger partial charge < -0.3 is 16.0 Å². The number of allylic oxidation sites excluding steroid dienone is 2. The van der Waals surface area contributed by atoms with Gasteiger partial charge in [-0.2, -0.15) is 13.2 Å². The van der Waals surface area contributed by atoms with Gasteiger partial charge in [0.2, 0.25) is 0 Å². The van der Waals surface area contributed by atoms with Crippen LogP contribution in [0.1, 0.15) is 30.9 Å². The maximum atomic E-state index is 14.4. The topological polar surface area (TPSA) is 113 Å². The van der Waals surface area contributed by atoms with E-state index >= 15 is 0 Å². The number of para-hydroxylation sites is 1. The Hall–Kier alpha value is -5.14. The molecule has 1 heterocycles. The van der Waals surface area contributed by atoms with Gasteiger partial charge in [0, 0.05) is 52.7 Å². The second-order valence-electron chi connectivity index (χ2n) is 9.19. The van der Waals surface area contributed by atoms with E-state index in [-0.39, 0.29) is 34.2 Å². The number of anilines is 2. The third-order valence-electron chi connectivity index (χ3n) is 6.40. The van der Waals surface area contributed by atoms with Gasteiger partial charge in [-0.15, -0.1) is 0 Å². The van der Waals surface area contributed by atoms with E-state index in [1.165, 1.54) is 32.0 Å². The molecule has 0 radical (unpaired) electrons. The molecule has 2 amide bonds. The normalized spacial score (nSPS) is 15.3. The average Bonchev–Trinajstić information content (AvgIpc) is 2.90. The zero-order chi connectivity index (χ0) is 30.9. The van der Waals surface area contributed by atoms with Gasteiger partial charge in [-0.05, 0) is 31.5 Å². The Bertz CT molecular complexity index is 1680. The highest BCUT2D eigenvalue weighted by atomic mass is 19.4. The Kier molecular flexibility index (Phi) is 8.09. The average molecular weight is 590 g/mol. The summed E-state index contributed by atoms with van der Waals surface area (Å²) in [5.74, 6) is -7.90. The molecule has 1 aliphatic heterocycles. The summed E-state index contributed by atoms with van der Waals surface area (Å²) in [4.78, 5) is 37.9. The Morgan fingerprint density at radius 1 is 0.810 bits per heavy atom. The zero-order valence-corrected chi connectivity index (χ0v) is 21.7. The third-order valence-corrected chi connectivity index (χ3v) is 6.40. The minimum absolute atomic E-state index is 0.0227. The quantitative estimate of drug-likeness (QED) is 0.131. The number of nitro benzene ring substituents is 1. The molecule has 14 heteroatoms. The number of nitro groups is 1. The van der Waals surface area contributed by atoms with Crippen LogP contribution in [0.25, 0.3) is 0 Å². The van der Waals surface area contributed by atoms with Crippen molar-refractivity contribution < 1.29 is 40.9 Å². The van der Waals surface area contributed by atoms with Crippen LogP contribution in [0.3, 0.4) is 0 Å². The highest BCUT2D eigenvalue weighted by Crippen LogP contribution is 2.41. The summed E-state index contributed by atoms with van der Waals surface area (Å²) in [6.07, 6.45) is -4.83. The summed E-state index contributed by atoms with van der Waals surface area (Å²) in [7, 11) is 0. The van der Waals surface area contributed by atoms with Crippen molar-refractivity contribution in [1.82, 2.24) is 5.32 Å². The van der Waals surface area contributed by atoms with Crippen molar-refractivity contribution in [1.29, 1.82) is 0 Å². The maximum absolute atomic E-state index is 14.4. The van der Waals surface area contributed by atoms with Crippen LogP contribution in [-0.2, 0) is 15.8 Å². The van der Waals surface area contributed by atoms with Gasteiger partial charge in [0.1, 0.15) is 5.82 Å². The first kappa shape index (κ1) is 29.8. The first-order valence-corrected chi connectivity index (χ1v) is 12.1. The highest BCUT2D eigenvalue weighted by molar-refractivity contribution is 6.12. The number of hydrogen-bond donors (Lipinski definition) is 3. The molecule has 3 aromatic rings. The molecule has 3 aromatic carbocycles. The number of nitrogens with one attached hydrogen (secondary N) is 3. The van der Waals surface area contributed by atoms with E-state index in [1.807, 2.05) is 0 Å². The van der Waals surface area contributed by atoms with Crippen molar-refractivity contribution in [3.8, 4) is 0 Å². The number of dihydropyridines is 1. The standard InChI is InChI=1S/C28H20F6N4O4/c1-13-23(26(39)36-21-9-4-3-8-17(21)28(32,33)34)25(15-6-5-7-16(10-15)38(41)42)24(14(2)35-13)27(40)37-22-12-19(30)18(29)11-20(22)31/h3-12,25,35H,1-2H3,(H,36,39)(H,37,40)/t25-/m1/s1. The fourth-order valence-corrected chi connectivity index (χ4v) is 4.58. The molecule has 0 spiro atoms. The highest BCUT2D eigenvalue weighted by Gasteiger charge is 2.39. The molecular weight excluding hydrogens is 570 g/mol. The fraction of sp³-hybridized carbons (Fsp3) is 0.143. The van der Waals surface area contributed by atoms with Crippen LogP contribution in [0.5, 0.6) is 0 Å². The molecular formula is C28H20F6N4O4. The molecule has 4 rings (SSSR count). The van der Waals surface area contributed by atoms with E-state index in [1.54, 1.807) is 0 Å². The molecule has 0 aromatic heterocycles. The number of benzene rings is 3. The van der Waals surface area contributed by atoms with E-state index < -0.39 is 68.9 Å². The molecule has 1 atom stereocenters. The molecule has 0 saturated carbocycles. The van der Waals surface area contributed by atoms with Crippen LogP contribution in [0.4, 0.5) is 43.4 Å². The maximum Gasteiger partial charge on any atom is 0.418 e. The lowest BCUT2D eigenvalue weighted by Gasteiger charge is -2.31. The van der Waals surface area contributed by atoms with Crippen molar-refractivity contribution in [2.24, 2.45) is 0 Å². The second-order valence-corrected chi connectivity index (χ2v) is 9.19. The first-order chi connectivity index (χ1) is 19.7. The van der Waals surface area contributed by atoms with Gasteiger partial charge in [0.05, 0.1) is 21.9 Å². The third kappa shape index (κ3) is 5.96. The van der Waals surface area contributed by atoms with Crippen molar-refractivity contribution >= 4 is 28.9 Å². The SMILES string of the molecule is CC1=C(C(=O)Nc2cc(F)c(F)cc2F)[C@H](c2cccc([N+](=O)[O-])c2)C(C(=O)Nc2ccccc2C(F)(F)F)=C(C)N1. The molecule has 0 unspecified atom stereocenters. The summed E-state index contributed by atoms with van der Waals surface area (Å²) in [6.45, 7) is 2.81. The number of hydrogen-bond acceptors (Lipinski definition) is 5.